The van der Waals surface area contributed by atoms with Gasteiger partial charge in [-0.15, -0.1) is 4.40 Å². The second kappa shape index (κ2) is 4.05. The van der Waals surface area contributed by atoms with E-state index in [0.717, 1.165) is 31.7 Å². The van der Waals surface area contributed by atoms with Crippen LogP contribution in [0.3, 0.4) is 0 Å². The van der Waals surface area contributed by atoms with Crippen LogP contribution in [0.4, 0.5) is 0 Å². The van der Waals surface area contributed by atoms with Gasteiger partial charge in [0.2, 0.25) is 0 Å². The molecule has 0 bridgehead atoms. The largest absolute Gasteiger partial charge is 0.355 e. The summed E-state index contributed by atoms with van der Waals surface area (Å²) in [4.78, 5) is 4.86. The molecule has 0 amide bonds. The molecule has 1 aromatic rings. The highest BCUT2D eigenvalue weighted by atomic mass is 32.2. The number of benzene rings is 1. The smallest absolute Gasteiger partial charge is 0.285 e. The van der Waals surface area contributed by atoms with Crippen molar-refractivity contribution in [2.75, 3.05) is 33.2 Å². The third-order valence-electron chi connectivity index (χ3n) is 4.58. The summed E-state index contributed by atoms with van der Waals surface area (Å²) < 4.78 is 28.2. The van der Waals surface area contributed by atoms with E-state index >= 15 is 0 Å². The minimum Gasteiger partial charge on any atom is -0.355 e. The van der Waals surface area contributed by atoms with Crippen LogP contribution >= 0.6 is 0 Å². The van der Waals surface area contributed by atoms with Gasteiger partial charge >= 0.3 is 0 Å². The number of hydrogen-bond donors (Lipinski definition) is 0. The summed E-state index contributed by atoms with van der Waals surface area (Å²) in [5, 5.41) is 0. The van der Waals surface area contributed by atoms with Crippen molar-refractivity contribution in [3.8, 4) is 0 Å². The van der Waals surface area contributed by atoms with Crippen molar-refractivity contribution in [3.05, 3.63) is 29.8 Å². The molecule has 106 valence electrons. The number of likely N-dealkylation sites (tertiary alicyclic amines) is 2. The lowest BCUT2D eigenvalue weighted by Crippen LogP contribution is -2.32. The minimum atomic E-state index is -3.49. The zero-order valence-electron chi connectivity index (χ0n) is 11.4. The van der Waals surface area contributed by atoms with E-state index < -0.39 is 10.0 Å². The lowest BCUT2D eigenvalue weighted by Gasteiger charge is -2.20. The molecule has 2 unspecified atom stereocenters. The third kappa shape index (κ3) is 1.71. The van der Waals surface area contributed by atoms with Crippen molar-refractivity contribution >= 4 is 15.9 Å². The molecular weight excluding hydrogens is 274 g/mol. The molecule has 20 heavy (non-hydrogen) atoms. The number of rotatable bonds is 0. The maximum absolute atomic E-state index is 12.1. The molecule has 0 saturated carbocycles. The summed E-state index contributed by atoms with van der Waals surface area (Å²) in [6.07, 6.45) is 0. The molecule has 2 atom stereocenters. The summed E-state index contributed by atoms with van der Waals surface area (Å²) in [7, 11) is -1.34. The Morgan fingerprint density at radius 2 is 1.75 bits per heavy atom. The van der Waals surface area contributed by atoms with Crippen LogP contribution in [-0.2, 0) is 10.0 Å². The van der Waals surface area contributed by atoms with Gasteiger partial charge in [-0.25, -0.2) is 0 Å². The van der Waals surface area contributed by atoms with Gasteiger partial charge in [0.15, 0.2) is 5.84 Å². The Bertz CT molecular complexity index is 684. The minimum absolute atomic E-state index is 0.351. The van der Waals surface area contributed by atoms with Gasteiger partial charge in [-0.3, -0.25) is 0 Å². The Morgan fingerprint density at radius 1 is 1.10 bits per heavy atom. The number of nitrogens with zero attached hydrogens (tertiary/aromatic N) is 3. The van der Waals surface area contributed by atoms with Crippen molar-refractivity contribution in [2.24, 2.45) is 16.2 Å². The van der Waals surface area contributed by atoms with E-state index in [1.165, 1.54) is 0 Å². The predicted molar refractivity (Wildman–Crippen MR) is 76.2 cm³/mol. The third-order valence-corrected chi connectivity index (χ3v) is 5.91. The highest BCUT2D eigenvalue weighted by Gasteiger charge is 2.42. The van der Waals surface area contributed by atoms with Crippen LogP contribution in [0.1, 0.15) is 5.56 Å². The van der Waals surface area contributed by atoms with Gasteiger partial charge in [0.1, 0.15) is 4.90 Å². The average molecular weight is 291 g/mol. The molecule has 6 heteroatoms. The molecule has 4 rings (SSSR count). The lowest BCUT2D eigenvalue weighted by molar-refractivity contribution is 0.348. The Balaban J connectivity index is 1.69. The highest BCUT2D eigenvalue weighted by molar-refractivity contribution is 7.90. The van der Waals surface area contributed by atoms with E-state index in [1.54, 1.807) is 12.1 Å². The first-order chi connectivity index (χ1) is 9.54. The predicted octanol–water partition coefficient (Wildman–Crippen LogP) is 0.629. The quantitative estimate of drug-likeness (QED) is 0.703. The molecule has 2 fully saturated rings. The van der Waals surface area contributed by atoms with Gasteiger partial charge in [-0.1, -0.05) is 12.1 Å². The molecule has 0 N–H and O–H groups in total. The number of amidine groups is 1. The summed E-state index contributed by atoms with van der Waals surface area (Å²) in [6.45, 7) is 4.03. The Hall–Kier alpha value is -1.40. The summed E-state index contributed by atoms with van der Waals surface area (Å²) in [6, 6.07) is 7.13. The summed E-state index contributed by atoms with van der Waals surface area (Å²) in [5.41, 5.74) is 0.765. The molecular formula is C14H17N3O2S. The first-order valence-corrected chi connectivity index (χ1v) is 8.36. The normalized spacial score (nSPS) is 31.2. The molecule has 0 spiro atoms. The van der Waals surface area contributed by atoms with Crippen molar-refractivity contribution in [3.63, 3.8) is 0 Å². The molecule has 5 nitrogen and oxygen atoms in total. The molecule has 1 aromatic carbocycles. The van der Waals surface area contributed by atoms with Gasteiger partial charge in [0.05, 0.1) is 0 Å². The highest BCUT2D eigenvalue weighted by Crippen LogP contribution is 2.34. The van der Waals surface area contributed by atoms with Crippen molar-refractivity contribution in [1.29, 1.82) is 0 Å². The Morgan fingerprint density at radius 3 is 2.45 bits per heavy atom. The molecule has 2 saturated heterocycles. The second-order valence-corrected chi connectivity index (χ2v) is 7.61. The lowest BCUT2D eigenvalue weighted by atomic mass is 10.0. The standard InChI is InChI=1S/C14H17N3O2S/c1-16-6-10-8-17(9-11(10)7-16)14-12-4-2-3-5-13(12)20(18,19)15-14/h2-5,10-11H,6-9H2,1H3. The zero-order chi connectivity index (χ0) is 13.9. The van der Waals surface area contributed by atoms with E-state index in [-0.39, 0.29) is 0 Å². The van der Waals surface area contributed by atoms with Crippen LogP contribution in [0.2, 0.25) is 0 Å². The van der Waals surface area contributed by atoms with Crippen LogP contribution in [0.15, 0.2) is 33.6 Å². The fourth-order valence-electron chi connectivity index (χ4n) is 3.72. The fourth-order valence-corrected chi connectivity index (χ4v) is 4.94. The van der Waals surface area contributed by atoms with E-state index in [2.05, 4.69) is 21.2 Å². The van der Waals surface area contributed by atoms with Gasteiger partial charge < -0.3 is 9.80 Å². The van der Waals surface area contributed by atoms with Crippen molar-refractivity contribution in [1.82, 2.24) is 9.80 Å². The molecule has 0 aromatic heterocycles. The topological polar surface area (TPSA) is 53.0 Å². The summed E-state index contributed by atoms with van der Waals surface area (Å²) in [5.74, 6) is 1.92. The summed E-state index contributed by atoms with van der Waals surface area (Å²) >= 11 is 0. The maximum Gasteiger partial charge on any atom is 0.285 e. The molecule has 3 heterocycles. The Labute approximate surface area is 119 Å². The van der Waals surface area contributed by atoms with E-state index in [0.29, 0.717) is 22.6 Å². The van der Waals surface area contributed by atoms with Gasteiger partial charge in [-0.2, -0.15) is 8.42 Å². The first kappa shape index (κ1) is 12.3. The molecule has 3 aliphatic rings. The SMILES string of the molecule is CN1CC2CN(C3=NS(=O)(=O)c4ccccc43)CC2C1. The van der Waals surface area contributed by atoms with E-state index in [4.69, 9.17) is 0 Å². The van der Waals surface area contributed by atoms with Crippen LogP contribution < -0.4 is 0 Å². The zero-order valence-corrected chi connectivity index (χ0v) is 12.2. The second-order valence-electron chi connectivity index (χ2n) is 6.03. The average Bonchev–Trinajstić information content (AvgIpc) is 3.00. The number of hydrogen-bond acceptors (Lipinski definition) is 4. The number of sulfonamides is 1. The van der Waals surface area contributed by atoms with E-state index in [9.17, 15) is 8.42 Å². The van der Waals surface area contributed by atoms with Gasteiger partial charge in [0, 0.05) is 31.7 Å². The molecule has 0 radical (unpaired) electrons. The maximum atomic E-state index is 12.1. The van der Waals surface area contributed by atoms with Crippen LogP contribution in [0.25, 0.3) is 0 Å². The Kier molecular flexibility index (Phi) is 2.50. The monoisotopic (exact) mass is 291 g/mol. The van der Waals surface area contributed by atoms with Crippen LogP contribution in [-0.4, -0.2) is 57.3 Å². The van der Waals surface area contributed by atoms with Crippen molar-refractivity contribution < 1.29 is 8.42 Å². The van der Waals surface area contributed by atoms with Gasteiger partial charge in [-0.05, 0) is 31.0 Å². The first-order valence-electron chi connectivity index (χ1n) is 6.92. The van der Waals surface area contributed by atoms with Crippen molar-refractivity contribution in [2.45, 2.75) is 4.90 Å². The van der Waals surface area contributed by atoms with Crippen LogP contribution in [0, 0.1) is 11.8 Å². The number of fused-ring (bicyclic) bond motifs is 2. The molecule has 0 aliphatic carbocycles. The fraction of sp³-hybridized carbons (Fsp3) is 0.500. The van der Waals surface area contributed by atoms with E-state index in [1.807, 2.05) is 12.1 Å². The molecule has 3 aliphatic heterocycles. The van der Waals surface area contributed by atoms with Crippen LogP contribution in [0.5, 0.6) is 0 Å². The van der Waals surface area contributed by atoms with Gasteiger partial charge in [0.25, 0.3) is 10.0 Å².